The standard InChI is InChI=1S/C24H28ClN3O3/c1-4-12-28(14-22-26-20-13-17(25)10-11-19(20)24(30)27-22)23(29)15-31-21-9-7-6-8-18(21)16(3)5-2/h6-11,13,16H,4-5,12,14-15H2,1-3H3,(H,26,27,30). The zero-order chi connectivity index (χ0) is 22.4. The number of ether oxygens (including phenoxy) is 1. The molecule has 31 heavy (non-hydrogen) atoms. The monoisotopic (exact) mass is 441 g/mol. The van der Waals surface area contributed by atoms with Gasteiger partial charge in [0, 0.05) is 11.6 Å². The van der Waals surface area contributed by atoms with Crippen molar-refractivity contribution in [2.24, 2.45) is 0 Å². The van der Waals surface area contributed by atoms with Crippen LogP contribution in [0, 0.1) is 0 Å². The Balaban J connectivity index is 1.76. The van der Waals surface area contributed by atoms with Crippen LogP contribution < -0.4 is 10.3 Å². The SMILES string of the molecule is CCCN(Cc1nc2cc(Cl)ccc2c(=O)[nH]1)C(=O)COc1ccccc1C(C)CC. The summed E-state index contributed by atoms with van der Waals surface area (Å²) in [6, 6.07) is 12.8. The molecule has 0 aliphatic carbocycles. The van der Waals surface area contributed by atoms with Crippen LogP contribution in [0.15, 0.2) is 47.3 Å². The molecule has 1 aromatic heterocycles. The molecule has 0 aliphatic heterocycles. The highest BCUT2D eigenvalue weighted by atomic mass is 35.5. The molecule has 0 spiro atoms. The molecule has 164 valence electrons. The van der Waals surface area contributed by atoms with Gasteiger partial charge in [-0.25, -0.2) is 4.98 Å². The van der Waals surface area contributed by atoms with Crippen LogP contribution in [-0.2, 0) is 11.3 Å². The lowest BCUT2D eigenvalue weighted by Crippen LogP contribution is -2.36. The minimum atomic E-state index is -0.251. The number of nitrogens with one attached hydrogen (secondary N) is 1. The first-order valence-electron chi connectivity index (χ1n) is 10.6. The van der Waals surface area contributed by atoms with Gasteiger partial charge in [0.2, 0.25) is 0 Å². The van der Waals surface area contributed by atoms with Gasteiger partial charge in [-0.15, -0.1) is 0 Å². The van der Waals surface area contributed by atoms with Crippen molar-refractivity contribution in [3.63, 3.8) is 0 Å². The molecule has 7 heteroatoms. The molecular formula is C24H28ClN3O3. The lowest BCUT2D eigenvalue weighted by Gasteiger charge is -2.22. The van der Waals surface area contributed by atoms with E-state index in [9.17, 15) is 9.59 Å². The number of fused-ring (bicyclic) bond motifs is 1. The normalized spacial score (nSPS) is 12.0. The van der Waals surface area contributed by atoms with Crippen molar-refractivity contribution in [3.8, 4) is 5.75 Å². The number of halogens is 1. The smallest absolute Gasteiger partial charge is 0.260 e. The quantitative estimate of drug-likeness (QED) is 0.512. The van der Waals surface area contributed by atoms with Gasteiger partial charge in [0.15, 0.2) is 6.61 Å². The average Bonchev–Trinajstić information content (AvgIpc) is 2.76. The number of nitrogens with zero attached hydrogens (tertiary/aromatic N) is 2. The number of para-hydroxylation sites is 1. The largest absolute Gasteiger partial charge is 0.483 e. The summed E-state index contributed by atoms with van der Waals surface area (Å²) in [5.41, 5.74) is 1.35. The number of hydrogen-bond acceptors (Lipinski definition) is 4. The van der Waals surface area contributed by atoms with Gasteiger partial charge in [-0.2, -0.15) is 0 Å². The molecule has 0 bridgehead atoms. The van der Waals surface area contributed by atoms with E-state index in [1.54, 1.807) is 23.1 Å². The number of aromatic amines is 1. The van der Waals surface area contributed by atoms with Gasteiger partial charge >= 0.3 is 0 Å². The minimum absolute atomic E-state index is 0.0723. The van der Waals surface area contributed by atoms with Crippen LogP contribution in [0.25, 0.3) is 10.9 Å². The molecule has 1 amide bonds. The number of carbonyl (C=O) groups is 1. The Hall–Kier alpha value is -2.86. The topological polar surface area (TPSA) is 75.3 Å². The summed E-state index contributed by atoms with van der Waals surface area (Å²) >= 11 is 6.04. The fourth-order valence-corrected chi connectivity index (χ4v) is 3.61. The van der Waals surface area contributed by atoms with E-state index in [0.717, 1.165) is 24.2 Å². The van der Waals surface area contributed by atoms with Gasteiger partial charge in [0.05, 0.1) is 17.4 Å². The Labute approximate surface area is 187 Å². The van der Waals surface area contributed by atoms with Crippen LogP contribution in [0.3, 0.4) is 0 Å². The molecule has 1 unspecified atom stereocenters. The van der Waals surface area contributed by atoms with Gasteiger partial charge in [-0.3, -0.25) is 9.59 Å². The summed E-state index contributed by atoms with van der Waals surface area (Å²) in [6.45, 7) is 6.92. The fraction of sp³-hybridized carbons (Fsp3) is 0.375. The van der Waals surface area contributed by atoms with E-state index in [4.69, 9.17) is 16.3 Å². The number of rotatable bonds is 9. The molecular weight excluding hydrogens is 414 g/mol. The molecule has 1 N–H and O–H groups in total. The van der Waals surface area contributed by atoms with Crippen molar-refractivity contribution in [1.82, 2.24) is 14.9 Å². The first-order valence-corrected chi connectivity index (χ1v) is 11.0. The first-order chi connectivity index (χ1) is 14.9. The van der Waals surface area contributed by atoms with E-state index in [1.807, 2.05) is 31.2 Å². The molecule has 3 rings (SSSR count). The van der Waals surface area contributed by atoms with Gasteiger partial charge in [0.1, 0.15) is 11.6 Å². The van der Waals surface area contributed by atoms with Crippen molar-refractivity contribution in [3.05, 3.63) is 69.2 Å². The van der Waals surface area contributed by atoms with E-state index in [0.29, 0.717) is 34.2 Å². The molecule has 0 saturated heterocycles. The Morgan fingerprint density at radius 1 is 1.23 bits per heavy atom. The Bertz CT molecular complexity index is 1110. The predicted octanol–water partition coefficient (Wildman–Crippen LogP) is 4.91. The van der Waals surface area contributed by atoms with E-state index < -0.39 is 0 Å². The number of hydrogen-bond donors (Lipinski definition) is 1. The van der Waals surface area contributed by atoms with Crippen molar-refractivity contribution < 1.29 is 9.53 Å². The zero-order valence-corrected chi connectivity index (χ0v) is 18.9. The highest BCUT2D eigenvalue weighted by Crippen LogP contribution is 2.28. The van der Waals surface area contributed by atoms with Crippen molar-refractivity contribution >= 4 is 28.4 Å². The Morgan fingerprint density at radius 2 is 2.00 bits per heavy atom. The maximum Gasteiger partial charge on any atom is 0.260 e. The second-order valence-electron chi connectivity index (χ2n) is 7.63. The number of aromatic nitrogens is 2. The second kappa shape index (κ2) is 10.4. The molecule has 0 saturated carbocycles. The second-order valence-corrected chi connectivity index (χ2v) is 8.06. The van der Waals surface area contributed by atoms with Crippen LogP contribution in [0.4, 0.5) is 0 Å². The average molecular weight is 442 g/mol. The fourth-order valence-electron chi connectivity index (χ4n) is 3.45. The van der Waals surface area contributed by atoms with Crippen molar-refractivity contribution in [2.75, 3.05) is 13.2 Å². The maximum absolute atomic E-state index is 12.9. The van der Waals surface area contributed by atoms with E-state index in [2.05, 4.69) is 23.8 Å². The van der Waals surface area contributed by atoms with Crippen LogP contribution in [-0.4, -0.2) is 33.9 Å². The van der Waals surface area contributed by atoms with Gasteiger partial charge < -0.3 is 14.6 Å². The third-order valence-electron chi connectivity index (χ3n) is 5.32. The molecule has 0 aliphatic rings. The molecule has 1 heterocycles. The van der Waals surface area contributed by atoms with Crippen LogP contribution in [0.2, 0.25) is 5.02 Å². The zero-order valence-electron chi connectivity index (χ0n) is 18.2. The lowest BCUT2D eigenvalue weighted by atomic mass is 9.98. The van der Waals surface area contributed by atoms with E-state index in [-0.39, 0.29) is 24.6 Å². The molecule has 0 fully saturated rings. The number of benzene rings is 2. The Kier molecular flexibility index (Phi) is 7.69. The third kappa shape index (κ3) is 5.64. The third-order valence-corrected chi connectivity index (χ3v) is 5.55. The van der Waals surface area contributed by atoms with Crippen molar-refractivity contribution in [2.45, 2.75) is 46.1 Å². The molecule has 2 aromatic carbocycles. The first kappa shape index (κ1) is 22.8. The Morgan fingerprint density at radius 3 is 2.74 bits per heavy atom. The summed E-state index contributed by atoms with van der Waals surface area (Å²) in [5.74, 6) is 1.33. The van der Waals surface area contributed by atoms with Crippen LogP contribution in [0.1, 0.15) is 50.9 Å². The maximum atomic E-state index is 12.9. The summed E-state index contributed by atoms with van der Waals surface area (Å²) < 4.78 is 5.90. The number of amides is 1. The highest BCUT2D eigenvalue weighted by Gasteiger charge is 2.17. The van der Waals surface area contributed by atoms with Gasteiger partial charge in [-0.05, 0) is 48.6 Å². The molecule has 0 radical (unpaired) electrons. The highest BCUT2D eigenvalue weighted by molar-refractivity contribution is 6.31. The van der Waals surface area contributed by atoms with E-state index in [1.165, 1.54) is 0 Å². The number of H-pyrrole nitrogens is 1. The molecule has 6 nitrogen and oxygen atoms in total. The minimum Gasteiger partial charge on any atom is -0.483 e. The van der Waals surface area contributed by atoms with Gasteiger partial charge in [0.25, 0.3) is 11.5 Å². The van der Waals surface area contributed by atoms with Crippen LogP contribution >= 0.6 is 11.6 Å². The number of carbonyl (C=O) groups excluding carboxylic acids is 1. The van der Waals surface area contributed by atoms with Crippen molar-refractivity contribution in [1.29, 1.82) is 0 Å². The van der Waals surface area contributed by atoms with Crippen LogP contribution in [0.5, 0.6) is 5.75 Å². The summed E-state index contributed by atoms with van der Waals surface area (Å²) in [5, 5.41) is 0.970. The van der Waals surface area contributed by atoms with Gasteiger partial charge in [-0.1, -0.05) is 50.6 Å². The van der Waals surface area contributed by atoms with E-state index >= 15 is 0 Å². The summed E-state index contributed by atoms with van der Waals surface area (Å²) in [4.78, 5) is 34.2. The summed E-state index contributed by atoms with van der Waals surface area (Å²) in [6.07, 6.45) is 1.76. The molecule has 3 aromatic rings. The molecule has 1 atom stereocenters. The summed E-state index contributed by atoms with van der Waals surface area (Å²) in [7, 11) is 0. The predicted molar refractivity (Wildman–Crippen MR) is 124 cm³/mol. The lowest BCUT2D eigenvalue weighted by molar-refractivity contribution is -0.134.